The van der Waals surface area contributed by atoms with Gasteiger partial charge >= 0.3 is 0 Å². The SMILES string of the molecule is Cc1ccc(N(c2ccccc2)c2ccccc2)cc1-c1cccc(-c2cc(N(c3ccccc3)c3ccccc3)ccc2C)c1-c1ccc2c(c1)c1ccccc1n2-c1ccccc1. The summed E-state index contributed by atoms with van der Waals surface area (Å²) in [6.45, 7) is 4.48. The van der Waals surface area contributed by atoms with Crippen LogP contribution < -0.4 is 9.80 Å². The summed E-state index contributed by atoms with van der Waals surface area (Å²) >= 11 is 0. The van der Waals surface area contributed by atoms with Gasteiger partial charge in [0.15, 0.2) is 0 Å². The van der Waals surface area contributed by atoms with E-state index in [0.717, 1.165) is 39.8 Å². The van der Waals surface area contributed by atoms with Crippen molar-refractivity contribution in [1.82, 2.24) is 4.57 Å². The Hall–Kier alpha value is -8.40. The quantitative estimate of drug-likeness (QED) is 0.136. The summed E-state index contributed by atoms with van der Waals surface area (Å²) in [6, 6.07) is 90.0. The number of benzene rings is 10. The number of hydrogen-bond donors (Lipinski definition) is 0. The summed E-state index contributed by atoms with van der Waals surface area (Å²) in [5.41, 5.74) is 19.7. The monoisotopic (exact) mass is 833 g/mol. The molecule has 0 spiro atoms. The van der Waals surface area contributed by atoms with Crippen LogP contribution in [0, 0.1) is 13.8 Å². The number of fused-ring (bicyclic) bond motifs is 3. The Balaban J connectivity index is 1.17. The standard InChI is InChI=1S/C62H47N3/c1-44-35-38-52(63(47-21-8-3-9-22-47)48-23-10-4-11-24-48)42-57(44)55-32-20-33-56(58-43-53(39-36-45(58)2)64(49-25-12-5-13-26-49)50-27-14-6-15-28-50)62(55)46-37-40-61-59(41-46)54-31-18-19-34-60(54)65(61)51-29-16-7-17-30-51/h3-43H,1-2H3. The lowest BCUT2D eigenvalue weighted by atomic mass is 9.84. The summed E-state index contributed by atoms with van der Waals surface area (Å²) in [7, 11) is 0. The lowest BCUT2D eigenvalue weighted by Gasteiger charge is -2.27. The molecule has 3 heteroatoms. The second kappa shape index (κ2) is 17.0. The maximum absolute atomic E-state index is 2.43. The Morgan fingerprint density at radius 2 is 0.708 bits per heavy atom. The molecule has 310 valence electrons. The predicted octanol–water partition coefficient (Wildman–Crippen LogP) is 17.3. The molecule has 0 aliphatic heterocycles. The third kappa shape index (κ3) is 7.33. The number of anilines is 6. The summed E-state index contributed by atoms with van der Waals surface area (Å²) in [5, 5.41) is 2.45. The highest BCUT2D eigenvalue weighted by atomic mass is 15.1. The van der Waals surface area contributed by atoms with Crippen LogP contribution in [-0.4, -0.2) is 4.57 Å². The molecule has 0 amide bonds. The molecule has 1 aromatic heterocycles. The lowest BCUT2D eigenvalue weighted by molar-refractivity contribution is 1.18. The molecule has 11 aromatic rings. The van der Waals surface area contributed by atoms with Gasteiger partial charge < -0.3 is 14.4 Å². The van der Waals surface area contributed by atoms with E-state index in [4.69, 9.17) is 0 Å². The van der Waals surface area contributed by atoms with Crippen molar-refractivity contribution >= 4 is 55.9 Å². The van der Waals surface area contributed by atoms with E-state index in [1.807, 2.05) is 0 Å². The van der Waals surface area contributed by atoms with Crippen molar-refractivity contribution in [3.63, 3.8) is 0 Å². The van der Waals surface area contributed by atoms with E-state index in [1.165, 1.54) is 66.3 Å². The highest BCUT2D eigenvalue weighted by Crippen LogP contribution is 2.47. The van der Waals surface area contributed by atoms with E-state index in [-0.39, 0.29) is 0 Å². The van der Waals surface area contributed by atoms with Crippen molar-refractivity contribution in [2.24, 2.45) is 0 Å². The summed E-state index contributed by atoms with van der Waals surface area (Å²) in [6.07, 6.45) is 0. The van der Waals surface area contributed by atoms with E-state index in [1.54, 1.807) is 0 Å². The molecule has 0 radical (unpaired) electrons. The van der Waals surface area contributed by atoms with E-state index in [9.17, 15) is 0 Å². The molecule has 65 heavy (non-hydrogen) atoms. The second-order valence-corrected chi connectivity index (χ2v) is 16.7. The molecule has 0 unspecified atom stereocenters. The van der Waals surface area contributed by atoms with E-state index in [0.29, 0.717) is 0 Å². The average molecular weight is 834 g/mol. The predicted molar refractivity (Wildman–Crippen MR) is 276 cm³/mol. The zero-order valence-electron chi connectivity index (χ0n) is 36.5. The molecule has 0 bridgehead atoms. The van der Waals surface area contributed by atoms with Crippen LogP contribution in [0.15, 0.2) is 249 Å². The summed E-state index contributed by atoms with van der Waals surface area (Å²) < 4.78 is 2.39. The Morgan fingerprint density at radius 1 is 0.292 bits per heavy atom. The second-order valence-electron chi connectivity index (χ2n) is 16.7. The first kappa shape index (κ1) is 39.4. The van der Waals surface area contributed by atoms with E-state index in [2.05, 4.69) is 277 Å². The van der Waals surface area contributed by atoms with Gasteiger partial charge in [0.05, 0.1) is 11.0 Å². The molecule has 3 nitrogen and oxygen atoms in total. The van der Waals surface area contributed by atoms with Gasteiger partial charge in [-0.2, -0.15) is 0 Å². The van der Waals surface area contributed by atoms with Gasteiger partial charge in [0.1, 0.15) is 0 Å². The van der Waals surface area contributed by atoms with Crippen molar-refractivity contribution in [1.29, 1.82) is 0 Å². The van der Waals surface area contributed by atoms with Crippen molar-refractivity contribution in [3.8, 4) is 39.1 Å². The fourth-order valence-corrected chi connectivity index (χ4v) is 9.58. The van der Waals surface area contributed by atoms with E-state index >= 15 is 0 Å². The van der Waals surface area contributed by atoms with Gasteiger partial charge in [-0.15, -0.1) is 0 Å². The minimum absolute atomic E-state index is 1.10. The molecule has 0 aliphatic carbocycles. The van der Waals surface area contributed by atoms with Gasteiger partial charge in [-0.1, -0.05) is 146 Å². The molecule has 0 saturated carbocycles. The normalized spacial score (nSPS) is 11.2. The van der Waals surface area contributed by atoms with Gasteiger partial charge in [0, 0.05) is 50.6 Å². The Kier molecular flexibility index (Phi) is 10.3. The number of hydrogen-bond acceptors (Lipinski definition) is 2. The topological polar surface area (TPSA) is 11.4 Å². The maximum atomic E-state index is 2.43. The van der Waals surface area contributed by atoms with E-state index < -0.39 is 0 Å². The van der Waals surface area contributed by atoms with Gasteiger partial charge in [0.2, 0.25) is 0 Å². The van der Waals surface area contributed by atoms with Gasteiger partial charge in [-0.3, -0.25) is 0 Å². The van der Waals surface area contributed by atoms with Gasteiger partial charge in [0.25, 0.3) is 0 Å². The number of rotatable bonds is 10. The summed E-state index contributed by atoms with van der Waals surface area (Å²) in [4.78, 5) is 4.71. The van der Waals surface area contributed by atoms with Crippen LogP contribution >= 0.6 is 0 Å². The Bertz CT molecular complexity index is 3200. The number of aryl methyl sites for hydroxylation is 2. The van der Waals surface area contributed by atoms with Crippen LogP contribution in [0.5, 0.6) is 0 Å². The van der Waals surface area contributed by atoms with Gasteiger partial charge in [-0.05, 0) is 161 Å². The smallest absolute Gasteiger partial charge is 0.0541 e. The van der Waals surface area contributed by atoms with Crippen LogP contribution in [-0.2, 0) is 0 Å². The third-order valence-electron chi connectivity index (χ3n) is 12.6. The largest absolute Gasteiger partial charge is 0.310 e. The van der Waals surface area contributed by atoms with Crippen LogP contribution in [0.25, 0.3) is 60.9 Å². The molecule has 0 atom stereocenters. The molecular weight excluding hydrogens is 787 g/mol. The zero-order chi connectivity index (χ0) is 43.7. The molecule has 10 aromatic carbocycles. The fourth-order valence-electron chi connectivity index (χ4n) is 9.58. The van der Waals surface area contributed by atoms with Crippen LogP contribution in [0.4, 0.5) is 34.1 Å². The first-order chi connectivity index (χ1) is 32.1. The molecule has 11 rings (SSSR count). The summed E-state index contributed by atoms with van der Waals surface area (Å²) in [5.74, 6) is 0. The molecular formula is C62H47N3. The average Bonchev–Trinajstić information content (AvgIpc) is 3.70. The molecule has 0 aliphatic rings. The fraction of sp³-hybridized carbons (Fsp3) is 0.0323. The van der Waals surface area contributed by atoms with Crippen molar-refractivity contribution < 1.29 is 0 Å². The van der Waals surface area contributed by atoms with Gasteiger partial charge in [-0.25, -0.2) is 0 Å². The third-order valence-corrected chi connectivity index (χ3v) is 12.6. The first-order valence-electron chi connectivity index (χ1n) is 22.4. The van der Waals surface area contributed by atoms with Crippen molar-refractivity contribution in [2.75, 3.05) is 9.80 Å². The number of para-hydroxylation sites is 6. The zero-order valence-corrected chi connectivity index (χ0v) is 36.5. The molecule has 1 heterocycles. The highest BCUT2D eigenvalue weighted by Gasteiger charge is 2.22. The Labute approximate surface area is 381 Å². The van der Waals surface area contributed by atoms with Crippen molar-refractivity contribution in [3.05, 3.63) is 260 Å². The molecule has 0 N–H and O–H groups in total. The molecule has 0 fully saturated rings. The van der Waals surface area contributed by atoms with Crippen LogP contribution in [0.3, 0.4) is 0 Å². The maximum Gasteiger partial charge on any atom is 0.0541 e. The van der Waals surface area contributed by atoms with Crippen LogP contribution in [0.2, 0.25) is 0 Å². The molecule has 0 saturated heterocycles. The van der Waals surface area contributed by atoms with Crippen LogP contribution in [0.1, 0.15) is 11.1 Å². The minimum Gasteiger partial charge on any atom is -0.310 e. The number of aromatic nitrogens is 1. The highest BCUT2D eigenvalue weighted by molar-refractivity contribution is 6.11. The Morgan fingerprint density at radius 3 is 1.18 bits per heavy atom. The van der Waals surface area contributed by atoms with Crippen molar-refractivity contribution in [2.45, 2.75) is 13.8 Å². The first-order valence-corrected chi connectivity index (χ1v) is 22.4. The lowest BCUT2D eigenvalue weighted by Crippen LogP contribution is -2.10. The minimum atomic E-state index is 1.10. The number of nitrogens with zero attached hydrogens (tertiary/aromatic N) is 3.